The molecular formula is C41H42S. The second kappa shape index (κ2) is 8.80. The van der Waals surface area contributed by atoms with Crippen molar-refractivity contribution in [2.24, 2.45) is 0 Å². The predicted molar refractivity (Wildman–Crippen MR) is 185 cm³/mol. The minimum Gasteiger partial charge on any atom is -0.144 e. The van der Waals surface area contributed by atoms with E-state index >= 15 is 0 Å². The third-order valence-corrected chi connectivity index (χ3v) is 12.8. The van der Waals surface area contributed by atoms with E-state index in [2.05, 4.69) is 119 Å². The van der Waals surface area contributed by atoms with Crippen LogP contribution in [0.15, 0.2) is 29.7 Å². The highest BCUT2D eigenvalue weighted by molar-refractivity contribution is 7.17. The van der Waals surface area contributed by atoms with Crippen molar-refractivity contribution in [1.29, 1.82) is 0 Å². The Morgan fingerprint density at radius 2 is 0.881 bits per heavy atom. The van der Waals surface area contributed by atoms with Crippen molar-refractivity contribution >= 4 is 27.5 Å². The third kappa shape index (κ3) is 3.03. The lowest BCUT2D eigenvalue weighted by Gasteiger charge is -2.38. The van der Waals surface area contributed by atoms with Crippen molar-refractivity contribution < 1.29 is 0 Å². The summed E-state index contributed by atoms with van der Waals surface area (Å²) in [5.74, 6) is 0. The summed E-state index contributed by atoms with van der Waals surface area (Å²) in [5, 5.41) is 3.63. The summed E-state index contributed by atoms with van der Waals surface area (Å²) in [4.78, 5) is 0. The maximum absolute atomic E-state index is 2.59. The smallest absolute Gasteiger partial charge is 0.0658 e. The Hall–Kier alpha value is -3.42. The van der Waals surface area contributed by atoms with Crippen LogP contribution in [0.1, 0.15) is 89.0 Å². The predicted octanol–water partition coefficient (Wildman–Crippen LogP) is 11.6. The number of hydrogen-bond donors (Lipinski definition) is 0. The molecule has 0 saturated carbocycles. The van der Waals surface area contributed by atoms with E-state index in [4.69, 9.17) is 0 Å². The second-order valence-electron chi connectivity index (χ2n) is 13.3. The third-order valence-electron chi connectivity index (χ3n) is 12.0. The Bertz CT molecular complexity index is 1990. The lowest BCUT2D eigenvalue weighted by molar-refractivity contribution is 0.778. The fourth-order valence-electron chi connectivity index (χ4n) is 8.62. The molecule has 0 atom stereocenters. The summed E-state index contributed by atoms with van der Waals surface area (Å²) < 4.78 is 1.37. The van der Waals surface area contributed by atoms with Gasteiger partial charge in [0.25, 0.3) is 0 Å². The summed E-state index contributed by atoms with van der Waals surface area (Å²) in [6.45, 7) is 28.3. The van der Waals surface area contributed by atoms with Crippen molar-refractivity contribution in [2.75, 3.05) is 0 Å². The number of benzene rings is 4. The molecule has 0 unspecified atom stereocenters. The molecule has 1 heterocycles. The topological polar surface area (TPSA) is 0 Å². The Labute approximate surface area is 256 Å². The Morgan fingerprint density at radius 3 is 1.36 bits per heavy atom. The highest BCUT2D eigenvalue weighted by Crippen LogP contribution is 2.61. The standard InChI is InChI=1S/C41H42S/c1-19-20(2)26(8)36-35(25(19)7)37-27(9)21(3)23(5)29(11)39(37)41(40-30(12)24(6)22(4)28(10)38(36)40)17-15-31-32-16-18-42-34(32)14-13-33(31)41/h13-18H,1-12H3. The van der Waals surface area contributed by atoms with Crippen molar-refractivity contribution in [3.05, 3.63) is 119 Å². The molecule has 0 saturated heterocycles. The van der Waals surface area contributed by atoms with E-state index in [1.54, 1.807) is 0 Å². The average molecular weight is 567 g/mol. The first kappa shape index (κ1) is 27.4. The van der Waals surface area contributed by atoms with Gasteiger partial charge < -0.3 is 0 Å². The lowest BCUT2D eigenvalue weighted by atomic mass is 9.64. The minimum absolute atomic E-state index is 0.379. The maximum atomic E-state index is 2.59. The summed E-state index contributed by atoms with van der Waals surface area (Å²) in [6, 6.07) is 7.16. The molecule has 0 nitrogen and oxygen atoms in total. The van der Waals surface area contributed by atoms with Gasteiger partial charge in [0.2, 0.25) is 0 Å². The van der Waals surface area contributed by atoms with Gasteiger partial charge in [-0.25, -0.2) is 0 Å². The van der Waals surface area contributed by atoms with Crippen LogP contribution in [0, 0.1) is 83.1 Å². The zero-order valence-corrected chi connectivity index (χ0v) is 28.2. The Balaban J connectivity index is 1.88. The molecule has 0 radical (unpaired) electrons. The molecule has 1 spiro atoms. The quantitative estimate of drug-likeness (QED) is 0.175. The molecule has 7 rings (SSSR count). The van der Waals surface area contributed by atoms with Gasteiger partial charge in [0, 0.05) is 4.70 Å². The van der Waals surface area contributed by atoms with Gasteiger partial charge in [-0.2, -0.15) is 0 Å². The van der Waals surface area contributed by atoms with E-state index in [0.29, 0.717) is 0 Å². The molecular weight excluding hydrogens is 525 g/mol. The molecule has 1 aromatic heterocycles. The number of allylic oxidation sites excluding steroid dienone is 1. The van der Waals surface area contributed by atoms with Crippen LogP contribution in [-0.2, 0) is 5.41 Å². The second-order valence-corrected chi connectivity index (χ2v) is 14.2. The highest BCUT2D eigenvalue weighted by Gasteiger charge is 2.48. The number of hydrogen-bond acceptors (Lipinski definition) is 1. The van der Waals surface area contributed by atoms with Gasteiger partial charge in [0.05, 0.1) is 5.41 Å². The maximum Gasteiger partial charge on any atom is 0.0658 e. The van der Waals surface area contributed by atoms with Gasteiger partial charge in [0.1, 0.15) is 0 Å². The van der Waals surface area contributed by atoms with Crippen LogP contribution in [0.4, 0.5) is 0 Å². The van der Waals surface area contributed by atoms with Crippen molar-refractivity contribution in [3.8, 4) is 22.3 Å². The van der Waals surface area contributed by atoms with Gasteiger partial charge in [-0.05, 0) is 217 Å². The van der Waals surface area contributed by atoms with Gasteiger partial charge in [-0.15, -0.1) is 11.3 Å². The zero-order chi connectivity index (χ0) is 30.2. The summed E-state index contributed by atoms with van der Waals surface area (Å²) in [7, 11) is 0. The first-order chi connectivity index (χ1) is 19.9. The first-order valence-electron chi connectivity index (χ1n) is 15.4. The van der Waals surface area contributed by atoms with E-state index in [-0.39, 0.29) is 5.41 Å². The van der Waals surface area contributed by atoms with Crippen molar-refractivity contribution in [3.63, 3.8) is 0 Å². The largest absolute Gasteiger partial charge is 0.144 e. The molecule has 212 valence electrons. The van der Waals surface area contributed by atoms with E-state index in [1.165, 1.54) is 121 Å². The molecule has 1 heteroatoms. The van der Waals surface area contributed by atoms with E-state index in [1.807, 2.05) is 11.3 Å². The first-order valence-corrected chi connectivity index (χ1v) is 16.3. The fourth-order valence-corrected chi connectivity index (χ4v) is 9.42. The monoisotopic (exact) mass is 566 g/mol. The van der Waals surface area contributed by atoms with Gasteiger partial charge >= 0.3 is 0 Å². The van der Waals surface area contributed by atoms with Crippen LogP contribution in [-0.4, -0.2) is 0 Å². The molecule has 0 bridgehead atoms. The number of fused-ring (bicyclic) bond motifs is 11. The van der Waals surface area contributed by atoms with Crippen LogP contribution in [0.5, 0.6) is 0 Å². The fraction of sp³-hybridized carbons (Fsp3) is 0.317. The van der Waals surface area contributed by atoms with Crippen LogP contribution in [0.25, 0.3) is 38.4 Å². The van der Waals surface area contributed by atoms with Crippen molar-refractivity contribution in [2.45, 2.75) is 88.5 Å². The van der Waals surface area contributed by atoms with Crippen molar-refractivity contribution in [1.82, 2.24) is 0 Å². The molecule has 0 N–H and O–H groups in total. The molecule has 0 fully saturated rings. The zero-order valence-electron chi connectivity index (χ0n) is 27.4. The van der Waals surface area contributed by atoms with Gasteiger partial charge in [-0.1, -0.05) is 18.2 Å². The Kier molecular flexibility index (Phi) is 5.75. The van der Waals surface area contributed by atoms with E-state index in [0.717, 1.165) is 0 Å². The summed E-state index contributed by atoms with van der Waals surface area (Å²) in [6.07, 6.45) is 5.04. The Morgan fingerprint density at radius 1 is 0.452 bits per heavy atom. The summed E-state index contributed by atoms with van der Waals surface area (Å²) >= 11 is 1.85. The van der Waals surface area contributed by atoms with Crippen LogP contribution in [0.2, 0.25) is 0 Å². The molecule has 0 aliphatic heterocycles. The minimum atomic E-state index is -0.379. The lowest BCUT2D eigenvalue weighted by Crippen LogP contribution is -2.30. The molecule has 5 aromatic rings. The van der Waals surface area contributed by atoms with Crippen LogP contribution in [0.3, 0.4) is 0 Å². The highest BCUT2D eigenvalue weighted by atomic mass is 32.1. The molecule has 4 aromatic carbocycles. The molecule has 2 aliphatic carbocycles. The van der Waals surface area contributed by atoms with Gasteiger partial charge in [-0.3, -0.25) is 0 Å². The van der Waals surface area contributed by atoms with E-state index in [9.17, 15) is 0 Å². The molecule has 42 heavy (non-hydrogen) atoms. The molecule has 0 amide bonds. The van der Waals surface area contributed by atoms with Crippen LogP contribution < -0.4 is 0 Å². The normalized spacial score (nSPS) is 14.3. The van der Waals surface area contributed by atoms with Crippen LogP contribution >= 0.6 is 11.3 Å². The SMILES string of the molecule is Cc1c(C)c(C)c2c(c1C)-c1c(C)c(C)c(C)c(C)c1C1(C=Cc3c1ccc1sccc31)c1c(C)c(C)c(C)c(C)c1-2. The van der Waals surface area contributed by atoms with Gasteiger partial charge in [0.15, 0.2) is 0 Å². The summed E-state index contributed by atoms with van der Waals surface area (Å²) in [5.41, 5.74) is 28.4. The molecule has 2 aliphatic rings. The average Bonchev–Trinajstić information content (AvgIpc) is 3.58. The van der Waals surface area contributed by atoms with E-state index < -0.39 is 0 Å². The number of rotatable bonds is 0. The number of thiophene rings is 1.